The van der Waals surface area contributed by atoms with Gasteiger partial charge in [-0.1, -0.05) is 11.6 Å². The molecule has 0 heterocycles. The lowest BCUT2D eigenvalue weighted by molar-refractivity contribution is 0.373. The standard InChI is InChI=1S/C12H16ClN3O2S/c1-7(2)15-12(19)16-14-6-8-4-9(13)11(17)10(5-8)18-3/h4-7,17H,1-3H3,(H2,15,16,19)/b14-6+. The van der Waals surface area contributed by atoms with E-state index in [1.807, 2.05) is 13.8 Å². The van der Waals surface area contributed by atoms with Crippen molar-refractivity contribution in [3.63, 3.8) is 0 Å². The van der Waals surface area contributed by atoms with Gasteiger partial charge in [0.2, 0.25) is 0 Å². The Hall–Kier alpha value is -1.53. The lowest BCUT2D eigenvalue weighted by atomic mass is 10.2. The molecule has 0 unspecified atom stereocenters. The summed E-state index contributed by atoms with van der Waals surface area (Å²) in [6, 6.07) is 3.42. The number of hydrogen-bond acceptors (Lipinski definition) is 4. The molecule has 104 valence electrons. The first kappa shape index (κ1) is 15.5. The van der Waals surface area contributed by atoms with Crippen LogP contribution in [0.25, 0.3) is 0 Å². The summed E-state index contributed by atoms with van der Waals surface area (Å²) in [6.07, 6.45) is 1.53. The van der Waals surface area contributed by atoms with Gasteiger partial charge in [-0.15, -0.1) is 0 Å². The Morgan fingerprint density at radius 1 is 1.53 bits per heavy atom. The average molecular weight is 302 g/mol. The van der Waals surface area contributed by atoms with Crippen molar-refractivity contribution in [1.82, 2.24) is 10.7 Å². The van der Waals surface area contributed by atoms with Crippen LogP contribution < -0.4 is 15.5 Å². The quantitative estimate of drug-likeness (QED) is 0.452. The van der Waals surface area contributed by atoms with Gasteiger partial charge in [-0.3, -0.25) is 5.43 Å². The first-order valence-electron chi connectivity index (χ1n) is 5.60. The van der Waals surface area contributed by atoms with Gasteiger partial charge in [0, 0.05) is 6.04 Å². The van der Waals surface area contributed by atoms with E-state index in [2.05, 4.69) is 15.8 Å². The predicted octanol–water partition coefficient (Wildman–Crippen LogP) is 2.26. The van der Waals surface area contributed by atoms with Crippen molar-refractivity contribution in [1.29, 1.82) is 0 Å². The van der Waals surface area contributed by atoms with Gasteiger partial charge in [-0.2, -0.15) is 5.10 Å². The molecule has 5 nitrogen and oxygen atoms in total. The molecule has 0 atom stereocenters. The molecular formula is C12H16ClN3O2S. The number of nitrogens with zero attached hydrogens (tertiary/aromatic N) is 1. The maximum absolute atomic E-state index is 9.59. The van der Waals surface area contributed by atoms with Crippen molar-refractivity contribution < 1.29 is 9.84 Å². The number of aromatic hydroxyl groups is 1. The van der Waals surface area contributed by atoms with E-state index in [0.29, 0.717) is 10.7 Å². The highest BCUT2D eigenvalue weighted by molar-refractivity contribution is 7.80. The monoisotopic (exact) mass is 301 g/mol. The van der Waals surface area contributed by atoms with Crippen LogP contribution in [-0.2, 0) is 0 Å². The van der Waals surface area contributed by atoms with E-state index in [1.54, 1.807) is 12.1 Å². The van der Waals surface area contributed by atoms with Gasteiger partial charge in [0.25, 0.3) is 0 Å². The second-order valence-corrected chi connectivity index (χ2v) is 4.87. The Balaban J connectivity index is 2.72. The van der Waals surface area contributed by atoms with E-state index < -0.39 is 0 Å². The van der Waals surface area contributed by atoms with E-state index in [4.69, 9.17) is 28.6 Å². The van der Waals surface area contributed by atoms with Crippen molar-refractivity contribution >= 4 is 35.1 Å². The van der Waals surface area contributed by atoms with Gasteiger partial charge >= 0.3 is 0 Å². The molecule has 1 aromatic rings. The SMILES string of the molecule is COc1cc(/C=N/NC(=S)NC(C)C)cc(Cl)c1O. The molecule has 3 N–H and O–H groups in total. The number of thiocarbonyl (C=S) groups is 1. The number of phenols is 1. The third-order valence-corrected chi connectivity index (χ3v) is 2.57. The Labute approximate surface area is 122 Å². The smallest absolute Gasteiger partial charge is 0.187 e. The van der Waals surface area contributed by atoms with E-state index in [1.165, 1.54) is 13.3 Å². The molecule has 0 amide bonds. The highest BCUT2D eigenvalue weighted by Gasteiger charge is 2.07. The third-order valence-electron chi connectivity index (χ3n) is 2.07. The van der Waals surface area contributed by atoms with Gasteiger partial charge < -0.3 is 15.2 Å². The summed E-state index contributed by atoms with van der Waals surface area (Å²) in [6.45, 7) is 3.95. The molecular weight excluding hydrogens is 286 g/mol. The second kappa shape index (κ2) is 7.16. The zero-order valence-corrected chi connectivity index (χ0v) is 12.5. The molecule has 0 aliphatic rings. The van der Waals surface area contributed by atoms with Crippen molar-refractivity contribution in [2.75, 3.05) is 7.11 Å². The molecule has 7 heteroatoms. The Morgan fingerprint density at radius 2 is 2.21 bits per heavy atom. The van der Waals surface area contributed by atoms with E-state index in [9.17, 15) is 5.11 Å². The molecule has 0 radical (unpaired) electrons. The normalized spacial score (nSPS) is 10.8. The van der Waals surface area contributed by atoms with Crippen LogP contribution in [-0.4, -0.2) is 29.6 Å². The minimum Gasteiger partial charge on any atom is -0.503 e. The summed E-state index contributed by atoms with van der Waals surface area (Å²) in [5.74, 6) is 0.197. The van der Waals surface area contributed by atoms with Crippen LogP contribution in [0.1, 0.15) is 19.4 Å². The van der Waals surface area contributed by atoms with Crippen LogP contribution in [0.5, 0.6) is 11.5 Å². The fraction of sp³-hybridized carbons (Fsp3) is 0.333. The number of benzene rings is 1. The molecule has 1 rings (SSSR count). The Bertz CT molecular complexity index is 492. The van der Waals surface area contributed by atoms with Crippen LogP contribution in [0.2, 0.25) is 5.02 Å². The topological polar surface area (TPSA) is 65.9 Å². The number of hydrazone groups is 1. The fourth-order valence-corrected chi connectivity index (χ4v) is 1.79. The lowest BCUT2D eigenvalue weighted by Crippen LogP contribution is -2.36. The lowest BCUT2D eigenvalue weighted by Gasteiger charge is -2.09. The van der Waals surface area contributed by atoms with Crippen molar-refractivity contribution in [2.45, 2.75) is 19.9 Å². The minimum absolute atomic E-state index is 0.0914. The first-order chi connectivity index (χ1) is 8.93. The number of rotatable bonds is 4. The van der Waals surface area contributed by atoms with E-state index in [0.717, 1.165) is 0 Å². The van der Waals surface area contributed by atoms with Gasteiger partial charge in [-0.05, 0) is 43.8 Å². The molecule has 0 fully saturated rings. The highest BCUT2D eigenvalue weighted by atomic mass is 35.5. The van der Waals surface area contributed by atoms with Crippen LogP contribution >= 0.6 is 23.8 Å². The maximum Gasteiger partial charge on any atom is 0.187 e. The number of hydrogen-bond donors (Lipinski definition) is 3. The molecule has 0 saturated carbocycles. The third kappa shape index (κ3) is 4.92. The molecule has 0 bridgehead atoms. The summed E-state index contributed by atoms with van der Waals surface area (Å²) < 4.78 is 4.99. The maximum atomic E-state index is 9.59. The van der Waals surface area contributed by atoms with Crippen molar-refractivity contribution in [3.05, 3.63) is 22.7 Å². The number of nitrogens with one attached hydrogen (secondary N) is 2. The Morgan fingerprint density at radius 3 is 2.79 bits per heavy atom. The number of ether oxygens (including phenoxy) is 1. The van der Waals surface area contributed by atoms with Crippen LogP contribution in [0, 0.1) is 0 Å². The molecule has 0 saturated heterocycles. The molecule has 0 aliphatic heterocycles. The zero-order chi connectivity index (χ0) is 14.4. The largest absolute Gasteiger partial charge is 0.503 e. The average Bonchev–Trinajstić information content (AvgIpc) is 2.32. The molecule has 0 aromatic heterocycles. The van der Waals surface area contributed by atoms with Gasteiger partial charge in [0.1, 0.15) is 0 Å². The second-order valence-electron chi connectivity index (χ2n) is 4.05. The first-order valence-corrected chi connectivity index (χ1v) is 6.38. The van der Waals surface area contributed by atoms with Crippen LogP contribution in [0.15, 0.2) is 17.2 Å². The summed E-state index contributed by atoms with van der Waals surface area (Å²) in [7, 11) is 1.45. The number of phenolic OH excluding ortho intramolecular Hbond substituents is 1. The minimum atomic E-state index is -0.0914. The van der Waals surface area contributed by atoms with Gasteiger partial charge in [-0.25, -0.2) is 0 Å². The zero-order valence-electron chi connectivity index (χ0n) is 10.9. The predicted molar refractivity (Wildman–Crippen MR) is 81.3 cm³/mol. The van der Waals surface area contributed by atoms with Crippen molar-refractivity contribution in [2.24, 2.45) is 5.10 Å². The van der Waals surface area contributed by atoms with Gasteiger partial charge in [0.15, 0.2) is 16.6 Å². The molecule has 0 spiro atoms. The fourth-order valence-electron chi connectivity index (χ4n) is 1.28. The molecule has 0 aliphatic carbocycles. The summed E-state index contributed by atoms with van der Waals surface area (Å²) in [4.78, 5) is 0. The molecule has 1 aromatic carbocycles. The van der Waals surface area contributed by atoms with E-state index in [-0.39, 0.29) is 22.6 Å². The highest BCUT2D eigenvalue weighted by Crippen LogP contribution is 2.34. The summed E-state index contributed by atoms with van der Waals surface area (Å²) in [5.41, 5.74) is 3.36. The van der Waals surface area contributed by atoms with Crippen molar-refractivity contribution in [3.8, 4) is 11.5 Å². The van der Waals surface area contributed by atoms with Crippen LogP contribution in [0.3, 0.4) is 0 Å². The van der Waals surface area contributed by atoms with E-state index >= 15 is 0 Å². The Kier molecular flexibility index (Phi) is 5.85. The van der Waals surface area contributed by atoms with Gasteiger partial charge in [0.05, 0.1) is 18.3 Å². The molecule has 19 heavy (non-hydrogen) atoms. The summed E-state index contributed by atoms with van der Waals surface area (Å²) in [5, 5.41) is 17.2. The number of halogens is 1. The van der Waals surface area contributed by atoms with Crippen LogP contribution in [0.4, 0.5) is 0 Å². The summed E-state index contributed by atoms with van der Waals surface area (Å²) >= 11 is 10.9. The number of methoxy groups -OCH3 is 1.